The smallest absolute Gasteiger partial charge is 0.312 e. The molecule has 1 fully saturated rings. The fourth-order valence-corrected chi connectivity index (χ4v) is 5.21. The maximum Gasteiger partial charge on any atom is 0.312 e. The van der Waals surface area contributed by atoms with Crippen LogP contribution in [0.1, 0.15) is 23.0 Å². The average Bonchev–Trinajstić information content (AvgIpc) is 3.52. The van der Waals surface area contributed by atoms with Gasteiger partial charge in [-0.15, -0.1) is 11.3 Å². The summed E-state index contributed by atoms with van der Waals surface area (Å²) < 4.78 is 40.0. The number of hydrogen-bond acceptors (Lipinski definition) is 8. The second kappa shape index (κ2) is 10.9. The molecule has 0 amide bonds. The van der Waals surface area contributed by atoms with Gasteiger partial charge in [0.2, 0.25) is 0 Å². The lowest BCUT2D eigenvalue weighted by molar-refractivity contribution is 0.125. The molecule has 1 saturated heterocycles. The van der Waals surface area contributed by atoms with E-state index in [-0.39, 0.29) is 30.1 Å². The molecule has 4 rings (SSSR count). The van der Waals surface area contributed by atoms with Crippen molar-refractivity contribution in [2.75, 3.05) is 13.1 Å². The molecule has 3 heterocycles. The first-order valence-corrected chi connectivity index (χ1v) is 11.8. The van der Waals surface area contributed by atoms with Gasteiger partial charge in [0.05, 0.1) is 5.54 Å². The van der Waals surface area contributed by atoms with Crippen LogP contribution in [0.3, 0.4) is 0 Å². The van der Waals surface area contributed by atoms with Crippen molar-refractivity contribution in [3.05, 3.63) is 95.1 Å². The summed E-state index contributed by atoms with van der Waals surface area (Å²) in [6.07, 6.45) is 3.47. The van der Waals surface area contributed by atoms with Gasteiger partial charge in [0.25, 0.3) is 0 Å². The second-order valence-corrected chi connectivity index (χ2v) is 9.30. The third-order valence-corrected chi connectivity index (χ3v) is 6.86. The van der Waals surface area contributed by atoms with E-state index in [0.29, 0.717) is 27.7 Å². The summed E-state index contributed by atoms with van der Waals surface area (Å²) in [5.74, 6) is -0.203. The summed E-state index contributed by atoms with van der Waals surface area (Å²) in [5.41, 5.74) is 18.2. The molecule has 190 valence electrons. The third-order valence-electron chi connectivity index (χ3n) is 5.76. The molecule has 0 spiro atoms. The van der Waals surface area contributed by atoms with E-state index in [0.717, 1.165) is 18.5 Å². The van der Waals surface area contributed by atoms with Gasteiger partial charge in [-0.25, -0.2) is 9.37 Å². The van der Waals surface area contributed by atoms with Gasteiger partial charge >= 0.3 is 6.55 Å². The highest BCUT2D eigenvalue weighted by Crippen LogP contribution is 2.47. The van der Waals surface area contributed by atoms with Crippen LogP contribution in [-0.2, 0) is 0 Å². The van der Waals surface area contributed by atoms with Crippen LogP contribution in [0.2, 0.25) is 5.02 Å². The van der Waals surface area contributed by atoms with E-state index in [2.05, 4.69) is 25.0 Å². The van der Waals surface area contributed by atoms with Gasteiger partial charge in [0.15, 0.2) is 10.8 Å². The van der Waals surface area contributed by atoms with Crippen LogP contribution in [0.15, 0.2) is 68.0 Å². The van der Waals surface area contributed by atoms with E-state index in [1.54, 1.807) is 16.5 Å². The Morgan fingerprint density at radius 2 is 2.22 bits per heavy atom. The van der Waals surface area contributed by atoms with Crippen LogP contribution >= 0.6 is 22.9 Å². The summed E-state index contributed by atoms with van der Waals surface area (Å²) in [4.78, 5) is 16.6. The maximum atomic E-state index is 13.9. The SMILES string of the molecule is [N-]=[N+]=NC[C@@]1(N=[N+]=[N-])CC2=C(/C(C=N)=C/NC(F)F)[C@H](c3ccc(F)cc3Cl)N=C(c3nccs3)N2C1. The van der Waals surface area contributed by atoms with Crippen LogP contribution in [-0.4, -0.2) is 47.1 Å². The molecule has 0 unspecified atom stereocenters. The Balaban J connectivity index is 2.01. The minimum Gasteiger partial charge on any atom is -0.336 e. The van der Waals surface area contributed by atoms with E-state index in [1.165, 1.54) is 23.5 Å². The minimum atomic E-state index is -2.90. The molecule has 16 heteroatoms. The highest BCUT2D eigenvalue weighted by Gasteiger charge is 2.47. The van der Waals surface area contributed by atoms with Gasteiger partial charge in [0, 0.05) is 75.2 Å². The molecular formula is C21H17ClF3N11S. The van der Waals surface area contributed by atoms with Crippen LogP contribution in [0.4, 0.5) is 13.2 Å². The summed E-state index contributed by atoms with van der Waals surface area (Å²) in [6, 6.07) is 2.78. The van der Waals surface area contributed by atoms with Crippen molar-refractivity contribution in [1.29, 1.82) is 5.41 Å². The molecule has 11 nitrogen and oxygen atoms in total. The van der Waals surface area contributed by atoms with Crippen molar-refractivity contribution in [2.45, 2.75) is 24.6 Å². The molecule has 2 aliphatic rings. The summed E-state index contributed by atoms with van der Waals surface area (Å²) in [5, 5.41) is 19.7. The number of hydrogen-bond donors (Lipinski definition) is 2. The molecule has 0 saturated carbocycles. The predicted molar refractivity (Wildman–Crippen MR) is 133 cm³/mol. The molecular weight excluding hydrogens is 531 g/mol. The number of fused-ring (bicyclic) bond motifs is 1. The summed E-state index contributed by atoms with van der Waals surface area (Å²) in [7, 11) is 0. The lowest BCUT2D eigenvalue weighted by atomic mass is 9.88. The lowest BCUT2D eigenvalue weighted by Gasteiger charge is -2.33. The third kappa shape index (κ3) is 5.25. The molecule has 0 radical (unpaired) electrons. The van der Waals surface area contributed by atoms with Crippen molar-refractivity contribution in [1.82, 2.24) is 15.2 Å². The number of nitrogens with zero attached hydrogens (tertiary/aromatic N) is 9. The van der Waals surface area contributed by atoms with Crippen LogP contribution in [0.5, 0.6) is 0 Å². The number of benzene rings is 1. The van der Waals surface area contributed by atoms with E-state index >= 15 is 0 Å². The Labute approximate surface area is 216 Å². The van der Waals surface area contributed by atoms with Crippen molar-refractivity contribution in [3.63, 3.8) is 0 Å². The molecule has 0 aliphatic carbocycles. The number of thiazole rings is 1. The topological polar surface area (TPSA) is 162 Å². The molecule has 37 heavy (non-hydrogen) atoms. The van der Waals surface area contributed by atoms with Crippen molar-refractivity contribution < 1.29 is 13.2 Å². The van der Waals surface area contributed by atoms with Gasteiger partial charge < -0.3 is 15.6 Å². The van der Waals surface area contributed by atoms with E-state index in [9.17, 15) is 18.7 Å². The highest BCUT2D eigenvalue weighted by atomic mass is 35.5. The zero-order valence-electron chi connectivity index (χ0n) is 18.8. The minimum absolute atomic E-state index is 0.0327. The number of aromatic nitrogens is 1. The normalized spacial score (nSPS) is 21.2. The van der Waals surface area contributed by atoms with Crippen LogP contribution in [0, 0.1) is 11.2 Å². The van der Waals surface area contributed by atoms with Crippen molar-refractivity contribution in [2.24, 2.45) is 15.2 Å². The number of halogens is 4. The second-order valence-electron chi connectivity index (χ2n) is 8.00. The quantitative estimate of drug-likeness (QED) is 0.128. The standard InChI is InChI=1S/C21H17ClF3N11S/c22-14-5-12(23)1-2-13(14)17-16(11(7-26)8-30-20(24)25)15-6-21(33-35-28,9-31-34-27)10-36(15)18(32-17)19-29-3-4-37-19/h1-5,7-8,17,20,26,30H,6,9-10H2/b11-8+,26-7?/t17-,21-/m0/s1. The average molecular weight is 548 g/mol. The Kier molecular flexibility index (Phi) is 7.69. The molecule has 2 N–H and O–H groups in total. The fourth-order valence-electron chi connectivity index (χ4n) is 4.30. The molecule has 1 aromatic carbocycles. The number of rotatable bonds is 9. The molecule has 2 aromatic rings. The Morgan fingerprint density at radius 3 is 2.84 bits per heavy atom. The number of aliphatic imine (C=N–C) groups is 1. The number of amidine groups is 1. The summed E-state index contributed by atoms with van der Waals surface area (Å²) in [6.45, 7) is -3.05. The first-order chi connectivity index (χ1) is 17.8. The van der Waals surface area contributed by atoms with Gasteiger partial charge in [-0.05, 0) is 28.8 Å². The first kappa shape index (κ1) is 26.0. The summed E-state index contributed by atoms with van der Waals surface area (Å²) >= 11 is 7.69. The maximum absolute atomic E-state index is 13.9. The van der Waals surface area contributed by atoms with Gasteiger partial charge in [-0.1, -0.05) is 27.9 Å². The van der Waals surface area contributed by atoms with Gasteiger partial charge in [-0.3, -0.25) is 4.99 Å². The number of nitrogens with one attached hydrogen (secondary N) is 2. The highest BCUT2D eigenvalue weighted by molar-refractivity contribution is 7.11. The van der Waals surface area contributed by atoms with Gasteiger partial charge in [-0.2, -0.15) is 8.78 Å². The first-order valence-electron chi connectivity index (χ1n) is 10.6. The number of azide groups is 2. The molecule has 2 atom stereocenters. The van der Waals surface area contributed by atoms with Crippen molar-refractivity contribution >= 4 is 35.0 Å². The Morgan fingerprint density at radius 1 is 1.41 bits per heavy atom. The predicted octanol–water partition coefficient (Wildman–Crippen LogP) is 6.10. The van der Waals surface area contributed by atoms with E-state index in [1.807, 2.05) is 5.32 Å². The Hall–Kier alpha value is -4.03. The van der Waals surface area contributed by atoms with E-state index in [4.69, 9.17) is 27.5 Å². The van der Waals surface area contributed by atoms with Crippen LogP contribution < -0.4 is 5.32 Å². The monoisotopic (exact) mass is 547 g/mol. The molecule has 2 aliphatic heterocycles. The molecule has 0 bridgehead atoms. The van der Waals surface area contributed by atoms with Crippen molar-refractivity contribution in [3.8, 4) is 0 Å². The largest absolute Gasteiger partial charge is 0.336 e. The Bertz CT molecular complexity index is 1390. The van der Waals surface area contributed by atoms with Gasteiger partial charge in [0.1, 0.15) is 11.9 Å². The zero-order valence-corrected chi connectivity index (χ0v) is 20.3. The van der Waals surface area contributed by atoms with E-state index < -0.39 is 23.9 Å². The number of alkyl halides is 2. The fraction of sp³-hybridized carbons (Fsp3) is 0.286. The lowest BCUT2D eigenvalue weighted by Crippen LogP contribution is -2.38. The zero-order chi connectivity index (χ0) is 26.6. The molecule has 1 aromatic heterocycles. The van der Waals surface area contributed by atoms with Crippen LogP contribution in [0.25, 0.3) is 20.9 Å².